The molecule has 6 nitrogen and oxygen atoms in total. The zero-order valence-electron chi connectivity index (χ0n) is 20.1. The molecule has 2 aromatic carbocycles. The van der Waals surface area contributed by atoms with Crippen LogP contribution in [0.5, 0.6) is 0 Å². The predicted octanol–water partition coefficient (Wildman–Crippen LogP) is 3.67. The lowest BCUT2D eigenvalue weighted by Gasteiger charge is -2.32. The van der Waals surface area contributed by atoms with E-state index >= 15 is 0 Å². The Morgan fingerprint density at radius 2 is 1.69 bits per heavy atom. The monoisotopic (exact) mass is 493 g/mol. The fourth-order valence-electron chi connectivity index (χ4n) is 4.96. The molecule has 0 aromatic heterocycles. The van der Waals surface area contributed by atoms with Crippen LogP contribution in [0.2, 0.25) is 0 Å². The summed E-state index contributed by atoms with van der Waals surface area (Å²) in [6, 6.07) is 19.6. The first-order chi connectivity index (χ1) is 17.0. The molecule has 1 aliphatic heterocycles. The molecule has 2 saturated carbocycles. The Bertz CT molecular complexity index is 1140. The van der Waals surface area contributed by atoms with Crippen LogP contribution in [-0.4, -0.2) is 50.2 Å². The summed E-state index contributed by atoms with van der Waals surface area (Å²) in [6.45, 7) is 4.30. The molecule has 5 rings (SSSR count). The summed E-state index contributed by atoms with van der Waals surface area (Å²) < 4.78 is 25.8. The Hall–Kier alpha value is -2.48. The molecule has 2 atom stereocenters. The predicted molar refractivity (Wildman–Crippen MR) is 139 cm³/mol. The first-order valence-electron chi connectivity index (χ1n) is 12.8. The highest BCUT2D eigenvalue weighted by molar-refractivity contribution is 7.91. The maximum Gasteiger partial charge on any atom is 0.257 e. The highest BCUT2D eigenvalue weighted by atomic mass is 32.2. The van der Waals surface area contributed by atoms with E-state index in [-0.39, 0.29) is 0 Å². The molecule has 1 saturated heterocycles. The van der Waals surface area contributed by atoms with E-state index in [0.717, 1.165) is 37.7 Å². The molecule has 3 aliphatic rings. The highest BCUT2D eigenvalue weighted by Crippen LogP contribution is 2.40. The van der Waals surface area contributed by atoms with Gasteiger partial charge in [-0.15, -0.1) is 0 Å². The van der Waals surface area contributed by atoms with E-state index in [0.29, 0.717) is 24.8 Å². The zero-order chi connectivity index (χ0) is 24.3. The van der Waals surface area contributed by atoms with Crippen molar-refractivity contribution in [2.45, 2.75) is 55.9 Å². The molecule has 0 bridgehead atoms. The average molecular weight is 494 g/mol. The molecular formula is C28H35N3O3S. The zero-order valence-corrected chi connectivity index (χ0v) is 20.9. The van der Waals surface area contributed by atoms with Crippen molar-refractivity contribution < 1.29 is 13.2 Å². The minimum atomic E-state index is -3.50. The number of nitrogens with one attached hydrogen (secondary N) is 2. The lowest BCUT2D eigenvalue weighted by molar-refractivity contribution is -0.114. The van der Waals surface area contributed by atoms with Crippen molar-refractivity contribution in [1.29, 1.82) is 0 Å². The first kappa shape index (κ1) is 24.2. The second-order valence-corrected chi connectivity index (χ2v) is 12.2. The number of carbonyl (C=O) groups excluding carboxylic acids is 1. The van der Waals surface area contributed by atoms with E-state index in [1.165, 1.54) is 36.5 Å². The molecule has 0 unspecified atom stereocenters. The van der Waals surface area contributed by atoms with Gasteiger partial charge in [-0.2, -0.15) is 0 Å². The number of nitrogens with zero attached hydrogens (tertiary/aromatic N) is 1. The third-order valence-corrected chi connectivity index (χ3v) is 9.25. The van der Waals surface area contributed by atoms with E-state index in [9.17, 15) is 13.2 Å². The molecule has 3 fully saturated rings. The third-order valence-electron chi connectivity index (χ3n) is 7.41. The number of amides is 1. The van der Waals surface area contributed by atoms with Crippen molar-refractivity contribution >= 4 is 22.0 Å². The Morgan fingerprint density at radius 1 is 0.971 bits per heavy atom. The summed E-state index contributed by atoms with van der Waals surface area (Å²) in [5.41, 5.74) is 3.60. The number of hydrogen-bond acceptors (Lipinski definition) is 5. The second-order valence-electron chi connectivity index (χ2n) is 10.3. The minimum Gasteiger partial charge on any atom is -0.313 e. The van der Waals surface area contributed by atoms with E-state index in [1.54, 1.807) is 6.08 Å². The van der Waals surface area contributed by atoms with Crippen molar-refractivity contribution in [2.24, 2.45) is 5.92 Å². The Labute approximate surface area is 208 Å². The maximum absolute atomic E-state index is 11.9. The van der Waals surface area contributed by atoms with Crippen LogP contribution in [0.15, 0.2) is 60.7 Å². The van der Waals surface area contributed by atoms with E-state index in [4.69, 9.17) is 0 Å². The number of rotatable bonds is 10. The smallest absolute Gasteiger partial charge is 0.257 e. The van der Waals surface area contributed by atoms with Crippen LogP contribution < -0.4 is 10.0 Å². The van der Waals surface area contributed by atoms with Crippen molar-refractivity contribution in [3.63, 3.8) is 0 Å². The highest BCUT2D eigenvalue weighted by Gasteiger charge is 2.38. The van der Waals surface area contributed by atoms with E-state index in [1.807, 2.05) is 12.1 Å². The van der Waals surface area contributed by atoms with E-state index in [2.05, 4.69) is 57.4 Å². The van der Waals surface area contributed by atoms with Crippen molar-refractivity contribution in [2.75, 3.05) is 19.6 Å². The SMILES string of the molecule is O=C(C=Cc1ccc(CN2CCC(CN[C@@H]3C[C@H]3c3ccccc3)CC2)cc1)NS(=O)(=O)C1CC1. The van der Waals surface area contributed by atoms with Crippen LogP contribution in [0.1, 0.15) is 54.7 Å². The topological polar surface area (TPSA) is 78.5 Å². The van der Waals surface area contributed by atoms with Gasteiger partial charge in [0.2, 0.25) is 10.0 Å². The van der Waals surface area contributed by atoms with E-state index < -0.39 is 21.2 Å². The van der Waals surface area contributed by atoms with Crippen LogP contribution in [-0.2, 0) is 21.4 Å². The lowest BCUT2D eigenvalue weighted by atomic mass is 9.96. The second kappa shape index (κ2) is 10.6. The van der Waals surface area contributed by atoms with Crippen molar-refractivity contribution in [3.05, 3.63) is 77.4 Å². The standard InChI is InChI=1S/C28H35N3O3S/c32-28(30-35(33,34)25-11-12-25)13-10-21-6-8-23(9-7-21)20-31-16-14-22(15-17-31)19-29-27-18-26(27)24-4-2-1-3-5-24/h1-10,13,22,25-27,29H,11-12,14-20H2,(H,30,32)/t26-,27+/m0/s1. The lowest BCUT2D eigenvalue weighted by Crippen LogP contribution is -2.37. The van der Waals surface area contributed by atoms with Gasteiger partial charge in [0.25, 0.3) is 5.91 Å². The average Bonchev–Trinajstić information content (AvgIpc) is 3.77. The first-order valence-corrected chi connectivity index (χ1v) is 14.3. The fourth-order valence-corrected chi connectivity index (χ4v) is 6.23. The molecule has 2 N–H and O–H groups in total. The molecule has 2 aliphatic carbocycles. The number of benzene rings is 2. The summed E-state index contributed by atoms with van der Waals surface area (Å²) >= 11 is 0. The van der Waals surface area contributed by atoms with Gasteiger partial charge < -0.3 is 5.32 Å². The molecule has 0 spiro atoms. The van der Waals surface area contributed by atoms with Crippen LogP contribution in [0.3, 0.4) is 0 Å². The molecule has 1 amide bonds. The molecule has 0 radical (unpaired) electrons. The van der Waals surface area contributed by atoms with Crippen LogP contribution in [0, 0.1) is 5.92 Å². The van der Waals surface area contributed by atoms with Gasteiger partial charge in [-0.3, -0.25) is 9.69 Å². The number of likely N-dealkylation sites (tertiary alicyclic amines) is 1. The largest absolute Gasteiger partial charge is 0.313 e. The number of hydrogen-bond donors (Lipinski definition) is 2. The number of piperidine rings is 1. The third kappa shape index (κ3) is 6.81. The van der Waals surface area contributed by atoms with Crippen LogP contribution >= 0.6 is 0 Å². The van der Waals surface area contributed by atoms with Gasteiger partial charge in [0.1, 0.15) is 0 Å². The fraction of sp³-hybridized carbons (Fsp3) is 0.464. The van der Waals surface area contributed by atoms with Gasteiger partial charge in [-0.05, 0) is 80.4 Å². The molecule has 1 heterocycles. The van der Waals surface area contributed by atoms with Crippen LogP contribution in [0.4, 0.5) is 0 Å². The summed E-state index contributed by atoms with van der Waals surface area (Å²) in [7, 11) is -3.50. The number of sulfonamides is 1. The molecule has 2 aromatic rings. The van der Waals surface area contributed by atoms with Crippen LogP contribution in [0.25, 0.3) is 6.08 Å². The van der Waals surface area contributed by atoms with Gasteiger partial charge in [0.15, 0.2) is 0 Å². The summed E-state index contributed by atoms with van der Waals surface area (Å²) in [5.74, 6) is 0.862. The van der Waals surface area contributed by atoms with Crippen molar-refractivity contribution in [3.8, 4) is 0 Å². The summed E-state index contributed by atoms with van der Waals surface area (Å²) in [4.78, 5) is 14.4. The quantitative estimate of drug-likeness (QED) is 0.494. The summed E-state index contributed by atoms with van der Waals surface area (Å²) in [5, 5.41) is 3.40. The molecule has 7 heteroatoms. The molecular weight excluding hydrogens is 458 g/mol. The van der Waals surface area contributed by atoms with Gasteiger partial charge >= 0.3 is 0 Å². The molecule has 186 valence electrons. The van der Waals surface area contributed by atoms with Gasteiger partial charge in [-0.1, -0.05) is 54.6 Å². The van der Waals surface area contributed by atoms with Crippen molar-refractivity contribution in [1.82, 2.24) is 14.9 Å². The molecule has 35 heavy (non-hydrogen) atoms. The minimum absolute atomic E-state index is 0.398. The normalized spacial score (nSPS) is 23.4. The van der Waals surface area contributed by atoms with Gasteiger partial charge in [-0.25, -0.2) is 13.1 Å². The Kier molecular flexibility index (Phi) is 7.37. The Morgan fingerprint density at radius 3 is 2.37 bits per heavy atom. The van der Waals surface area contributed by atoms with Gasteiger partial charge in [0.05, 0.1) is 5.25 Å². The Balaban J connectivity index is 1.01. The summed E-state index contributed by atoms with van der Waals surface area (Å²) in [6.07, 6.45) is 7.94. The number of carbonyl (C=O) groups is 1. The maximum atomic E-state index is 11.9. The van der Waals surface area contributed by atoms with Gasteiger partial charge in [0, 0.05) is 24.6 Å².